The van der Waals surface area contributed by atoms with E-state index < -0.39 is 0 Å². The van der Waals surface area contributed by atoms with Crippen molar-refractivity contribution in [3.63, 3.8) is 0 Å². The molecule has 0 amide bonds. The second kappa shape index (κ2) is 6.39. The smallest absolute Gasteiger partial charge is 0.122 e. The zero-order valence-electron chi connectivity index (χ0n) is 9.04. The molecule has 0 atom stereocenters. The molecule has 80 valence electrons. The Morgan fingerprint density at radius 1 is 1.47 bits per heavy atom. The summed E-state index contributed by atoms with van der Waals surface area (Å²) in [5.41, 5.74) is 7.49. The third-order valence-corrected chi connectivity index (χ3v) is 2.51. The predicted molar refractivity (Wildman–Crippen MR) is 66.1 cm³/mol. The van der Waals surface area contributed by atoms with E-state index in [9.17, 15) is 0 Å². The van der Waals surface area contributed by atoms with Crippen molar-refractivity contribution in [1.82, 2.24) is 0 Å². The number of hydrogen-bond donors (Lipinski definition) is 1. The van der Waals surface area contributed by atoms with Gasteiger partial charge in [-0.3, -0.25) is 0 Å². The molecule has 2 N–H and O–H groups in total. The molecule has 15 heavy (non-hydrogen) atoms. The van der Waals surface area contributed by atoms with Crippen LogP contribution in [0, 0.1) is 11.8 Å². The van der Waals surface area contributed by atoms with Gasteiger partial charge in [0.2, 0.25) is 0 Å². The van der Waals surface area contributed by atoms with Gasteiger partial charge in [0.15, 0.2) is 0 Å². The quantitative estimate of drug-likeness (QED) is 0.791. The van der Waals surface area contributed by atoms with Crippen molar-refractivity contribution in [2.75, 3.05) is 19.9 Å². The minimum absolute atomic E-state index is 0.393. The molecule has 0 radical (unpaired) electrons. The van der Waals surface area contributed by atoms with Crippen LogP contribution in [0.1, 0.15) is 11.1 Å². The fourth-order valence-corrected chi connectivity index (χ4v) is 1.81. The van der Waals surface area contributed by atoms with Crippen LogP contribution in [-0.2, 0) is 5.75 Å². The number of nitrogens with two attached hydrogens (primary N) is 1. The second-order valence-electron chi connectivity index (χ2n) is 2.97. The van der Waals surface area contributed by atoms with Crippen LogP contribution in [-0.4, -0.2) is 19.9 Å². The Morgan fingerprint density at radius 3 is 2.87 bits per heavy atom. The normalized spacial score (nSPS) is 9.27. The van der Waals surface area contributed by atoms with Crippen LogP contribution >= 0.6 is 11.8 Å². The summed E-state index contributed by atoms with van der Waals surface area (Å²) >= 11 is 1.76. The van der Waals surface area contributed by atoms with Gasteiger partial charge in [0.1, 0.15) is 5.75 Å². The molecule has 1 aromatic carbocycles. The second-order valence-corrected chi connectivity index (χ2v) is 3.83. The molecule has 0 unspecified atom stereocenters. The highest BCUT2D eigenvalue weighted by atomic mass is 32.2. The molecule has 0 fully saturated rings. The minimum Gasteiger partial charge on any atom is -0.496 e. The lowest BCUT2D eigenvalue weighted by Crippen LogP contribution is -1.94. The summed E-state index contributed by atoms with van der Waals surface area (Å²) in [7, 11) is 1.68. The SMILES string of the molecule is COc1ccc(C#CCN)cc1CSC. The lowest BCUT2D eigenvalue weighted by atomic mass is 10.1. The van der Waals surface area contributed by atoms with Crippen molar-refractivity contribution in [1.29, 1.82) is 0 Å². The highest BCUT2D eigenvalue weighted by molar-refractivity contribution is 7.97. The fourth-order valence-electron chi connectivity index (χ4n) is 1.28. The first kappa shape index (κ1) is 12.0. The zero-order chi connectivity index (χ0) is 11.1. The van der Waals surface area contributed by atoms with Crippen LogP contribution in [0.25, 0.3) is 0 Å². The Bertz CT molecular complexity index is 379. The molecule has 3 heteroatoms. The van der Waals surface area contributed by atoms with Crippen LogP contribution in [0.2, 0.25) is 0 Å². The van der Waals surface area contributed by atoms with Crippen molar-refractivity contribution in [3.8, 4) is 17.6 Å². The summed E-state index contributed by atoms with van der Waals surface area (Å²) in [5, 5.41) is 0. The summed E-state index contributed by atoms with van der Waals surface area (Å²) in [6, 6.07) is 5.95. The van der Waals surface area contributed by atoms with Gasteiger partial charge in [0, 0.05) is 16.9 Å². The van der Waals surface area contributed by atoms with Crippen LogP contribution in [0.15, 0.2) is 18.2 Å². The summed E-state index contributed by atoms with van der Waals surface area (Å²) in [6.45, 7) is 0.393. The molecule has 1 aromatic rings. The molecule has 1 rings (SSSR count). The fraction of sp³-hybridized carbons (Fsp3) is 0.333. The monoisotopic (exact) mass is 221 g/mol. The van der Waals surface area contributed by atoms with E-state index in [1.54, 1.807) is 18.9 Å². The molecular weight excluding hydrogens is 206 g/mol. The van der Waals surface area contributed by atoms with E-state index in [0.717, 1.165) is 17.1 Å². The molecule has 0 aliphatic heterocycles. The average molecular weight is 221 g/mol. The van der Waals surface area contributed by atoms with Crippen molar-refractivity contribution in [2.45, 2.75) is 5.75 Å². The summed E-state index contributed by atoms with van der Waals surface area (Å²) in [5.74, 6) is 7.71. The lowest BCUT2D eigenvalue weighted by molar-refractivity contribution is 0.411. The molecule has 0 spiro atoms. The van der Waals surface area contributed by atoms with E-state index in [4.69, 9.17) is 10.5 Å². The largest absolute Gasteiger partial charge is 0.496 e. The summed E-state index contributed by atoms with van der Waals surface area (Å²) in [4.78, 5) is 0. The molecule has 0 saturated carbocycles. The van der Waals surface area contributed by atoms with Gasteiger partial charge < -0.3 is 10.5 Å². The van der Waals surface area contributed by atoms with Gasteiger partial charge in [-0.1, -0.05) is 11.8 Å². The van der Waals surface area contributed by atoms with Gasteiger partial charge in [-0.2, -0.15) is 11.8 Å². The third-order valence-electron chi connectivity index (χ3n) is 1.92. The first-order valence-electron chi connectivity index (χ1n) is 4.66. The Hall–Kier alpha value is -1.11. The van der Waals surface area contributed by atoms with Gasteiger partial charge in [-0.25, -0.2) is 0 Å². The van der Waals surface area contributed by atoms with E-state index in [2.05, 4.69) is 24.2 Å². The Balaban J connectivity index is 2.98. The first-order valence-corrected chi connectivity index (χ1v) is 6.06. The molecule has 0 bridgehead atoms. The van der Waals surface area contributed by atoms with E-state index in [1.165, 1.54) is 5.56 Å². The van der Waals surface area contributed by atoms with Crippen LogP contribution < -0.4 is 10.5 Å². The number of thioether (sulfide) groups is 1. The van der Waals surface area contributed by atoms with Gasteiger partial charge in [0.25, 0.3) is 0 Å². The van der Waals surface area contributed by atoms with Crippen LogP contribution in [0.4, 0.5) is 0 Å². The lowest BCUT2D eigenvalue weighted by Gasteiger charge is -2.07. The van der Waals surface area contributed by atoms with Gasteiger partial charge >= 0.3 is 0 Å². The standard InChI is InChI=1S/C12H15NOS/c1-14-12-6-5-10(4-3-7-13)8-11(12)9-15-2/h5-6,8H,7,9,13H2,1-2H3. The third kappa shape index (κ3) is 3.50. The number of hydrogen-bond acceptors (Lipinski definition) is 3. The zero-order valence-corrected chi connectivity index (χ0v) is 9.86. The average Bonchev–Trinajstić information content (AvgIpc) is 2.27. The first-order chi connectivity index (χ1) is 7.31. The number of methoxy groups -OCH3 is 1. The Labute approximate surface area is 95.2 Å². The maximum Gasteiger partial charge on any atom is 0.122 e. The molecular formula is C12H15NOS. The topological polar surface area (TPSA) is 35.2 Å². The minimum atomic E-state index is 0.393. The summed E-state index contributed by atoms with van der Waals surface area (Å²) < 4.78 is 5.27. The van der Waals surface area contributed by atoms with Crippen LogP contribution in [0.5, 0.6) is 5.75 Å². The van der Waals surface area contributed by atoms with Gasteiger partial charge in [-0.05, 0) is 24.5 Å². The number of ether oxygens (including phenoxy) is 1. The molecule has 0 aliphatic rings. The maximum absolute atomic E-state index is 5.33. The predicted octanol–water partition coefficient (Wildman–Crippen LogP) is 1.87. The van der Waals surface area contributed by atoms with Gasteiger partial charge in [-0.15, -0.1) is 0 Å². The number of rotatable bonds is 3. The molecule has 0 saturated heterocycles. The molecule has 0 aromatic heterocycles. The van der Waals surface area contributed by atoms with E-state index in [-0.39, 0.29) is 0 Å². The summed E-state index contributed by atoms with van der Waals surface area (Å²) in [6.07, 6.45) is 2.07. The van der Waals surface area contributed by atoms with E-state index in [0.29, 0.717) is 6.54 Å². The molecule has 2 nitrogen and oxygen atoms in total. The molecule has 0 heterocycles. The highest BCUT2D eigenvalue weighted by Gasteiger charge is 2.02. The van der Waals surface area contributed by atoms with Crippen molar-refractivity contribution in [3.05, 3.63) is 29.3 Å². The van der Waals surface area contributed by atoms with Crippen molar-refractivity contribution < 1.29 is 4.74 Å². The molecule has 0 aliphatic carbocycles. The maximum atomic E-state index is 5.33. The number of benzene rings is 1. The van der Waals surface area contributed by atoms with Crippen molar-refractivity contribution >= 4 is 11.8 Å². The van der Waals surface area contributed by atoms with Crippen molar-refractivity contribution in [2.24, 2.45) is 5.73 Å². The highest BCUT2D eigenvalue weighted by Crippen LogP contribution is 2.23. The van der Waals surface area contributed by atoms with Gasteiger partial charge in [0.05, 0.1) is 13.7 Å². The Morgan fingerprint density at radius 2 is 2.27 bits per heavy atom. The van der Waals surface area contributed by atoms with Crippen LogP contribution in [0.3, 0.4) is 0 Å². The van der Waals surface area contributed by atoms with E-state index in [1.807, 2.05) is 12.1 Å². The Kier molecular flexibility index (Phi) is 5.09. The van der Waals surface area contributed by atoms with E-state index >= 15 is 0 Å².